The van der Waals surface area contributed by atoms with Gasteiger partial charge < -0.3 is 0 Å². The van der Waals surface area contributed by atoms with E-state index in [4.69, 9.17) is 0 Å². The van der Waals surface area contributed by atoms with Crippen LogP contribution in [0, 0.1) is 0 Å². The minimum Gasteiger partial charge on any atom is -0.247 e. The minimum atomic E-state index is 1.05. The van der Waals surface area contributed by atoms with E-state index in [9.17, 15) is 0 Å². The van der Waals surface area contributed by atoms with Crippen LogP contribution in [-0.2, 0) is 0 Å². The Morgan fingerprint density at radius 2 is 2.67 bits per heavy atom. The highest BCUT2D eigenvalue weighted by atomic mass is 32.2. The molecule has 2 rings (SSSR count). The number of allylic oxidation sites excluding steroid dienone is 1. The zero-order valence-electron chi connectivity index (χ0n) is 4.87. The van der Waals surface area contributed by atoms with Crippen molar-refractivity contribution in [1.29, 1.82) is 0 Å². The topological polar surface area (TPSA) is 15.0 Å². The smallest absolute Gasteiger partial charge is 0.247 e. The molecular formula is C6H7N2S+. The second-order valence-electron chi connectivity index (χ2n) is 1.92. The normalized spacial score (nSPS) is 22.2. The van der Waals surface area contributed by atoms with E-state index in [2.05, 4.69) is 21.5 Å². The van der Waals surface area contributed by atoms with Gasteiger partial charge in [-0.15, -0.1) is 0 Å². The zero-order chi connectivity index (χ0) is 6.10. The van der Waals surface area contributed by atoms with Gasteiger partial charge in [-0.25, -0.2) is 9.89 Å². The highest BCUT2D eigenvalue weighted by Gasteiger charge is 2.17. The Labute approximate surface area is 58.0 Å². The second-order valence-corrected chi connectivity index (χ2v) is 2.75. The lowest BCUT2D eigenvalue weighted by Crippen LogP contribution is -2.20. The van der Waals surface area contributed by atoms with Crippen LogP contribution in [-0.4, -0.2) is 16.7 Å². The first-order valence-corrected chi connectivity index (χ1v) is 3.87. The van der Waals surface area contributed by atoms with Crippen LogP contribution in [0.15, 0.2) is 23.5 Å². The fraction of sp³-hybridized carbons (Fsp3) is 0.167. The molecule has 0 radical (unpaired) electrons. The van der Waals surface area contributed by atoms with E-state index in [1.165, 1.54) is 5.82 Å². The first-order valence-electron chi connectivity index (χ1n) is 2.82. The lowest BCUT2D eigenvalue weighted by atomic mass is 10.5. The van der Waals surface area contributed by atoms with Crippen LogP contribution in [0.1, 0.15) is 0 Å². The number of hydrogen-bond acceptors (Lipinski definition) is 2. The summed E-state index contributed by atoms with van der Waals surface area (Å²) in [6, 6.07) is 0. The summed E-state index contributed by atoms with van der Waals surface area (Å²) in [5.41, 5.74) is 0. The SMILES string of the molecule is C1=CNC2=CSC[N+]2=C1. The highest BCUT2D eigenvalue weighted by molar-refractivity contribution is 8.02. The van der Waals surface area contributed by atoms with Crippen LogP contribution in [0.25, 0.3) is 0 Å². The van der Waals surface area contributed by atoms with Crippen molar-refractivity contribution in [2.24, 2.45) is 0 Å². The third kappa shape index (κ3) is 0.772. The van der Waals surface area contributed by atoms with Crippen molar-refractivity contribution in [3.63, 3.8) is 0 Å². The number of hydrogen-bond donors (Lipinski definition) is 1. The van der Waals surface area contributed by atoms with Crippen LogP contribution >= 0.6 is 11.8 Å². The predicted octanol–water partition coefficient (Wildman–Crippen LogP) is 0.690. The molecular weight excluding hydrogens is 132 g/mol. The van der Waals surface area contributed by atoms with E-state index >= 15 is 0 Å². The first kappa shape index (κ1) is 5.11. The minimum absolute atomic E-state index is 1.05. The van der Waals surface area contributed by atoms with E-state index in [0.717, 1.165) is 5.88 Å². The molecule has 0 fully saturated rings. The van der Waals surface area contributed by atoms with Crippen molar-refractivity contribution >= 4 is 18.0 Å². The summed E-state index contributed by atoms with van der Waals surface area (Å²) in [6.45, 7) is 0. The maximum atomic E-state index is 3.14. The summed E-state index contributed by atoms with van der Waals surface area (Å²) < 4.78 is 2.17. The molecule has 0 saturated carbocycles. The number of nitrogens with zero attached hydrogens (tertiary/aromatic N) is 1. The van der Waals surface area contributed by atoms with Crippen LogP contribution in [0.2, 0.25) is 0 Å². The molecule has 2 nitrogen and oxygen atoms in total. The quantitative estimate of drug-likeness (QED) is 0.497. The van der Waals surface area contributed by atoms with Crippen LogP contribution < -0.4 is 5.32 Å². The Balaban J connectivity index is 2.37. The Morgan fingerprint density at radius 3 is 3.56 bits per heavy atom. The largest absolute Gasteiger partial charge is 0.286 e. The Bertz CT molecular complexity index is 215. The van der Waals surface area contributed by atoms with Gasteiger partial charge in [0.25, 0.3) is 5.82 Å². The van der Waals surface area contributed by atoms with Crippen molar-refractivity contribution in [2.45, 2.75) is 0 Å². The summed E-state index contributed by atoms with van der Waals surface area (Å²) in [4.78, 5) is 0. The molecule has 0 aromatic carbocycles. The van der Waals surface area contributed by atoms with Crippen LogP contribution in [0.3, 0.4) is 0 Å². The average Bonchev–Trinajstić information content (AvgIpc) is 2.33. The predicted molar refractivity (Wildman–Crippen MR) is 39.1 cm³/mol. The molecule has 3 heteroatoms. The standard InChI is InChI=1S/C6H6N2S/c1-2-7-6-4-9-5-8(6)3-1/h1-4H,5H2/p+1. The number of thioether (sulfide) groups is 1. The summed E-state index contributed by atoms with van der Waals surface area (Å²) >= 11 is 1.81. The van der Waals surface area contributed by atoms with E-state index < -0.39 is 0 Å². The molecule has 0 atom stereocenters. The van der Waals surface area contributed by atoms with Crippen molar-refractivity contribution < 1.29 is 4.58 Å². The lowest BCUT2D eigenvalue weighted by molar-refractivity contribution is -0.451. The molecule has 0 spiro atoms. The maximum absolute atomic E-state index is 3.14. The number of nitrogens with one attached hydrogen (secondary N) is 1. The van der Waals surface area contributed by atoms with Gasteiger partial charge in [0.1, 0.15) is 5.88 Å². The van der Waals surface area contributed by atoms with E-state index in [1.807, 2.05) is 24.0 Å². The van der Waals surface area contributed by atoms with Gasteiger partial charge in [0, 0.05) is 6.08 Å². The fourth-order valence-corrected chi connectivity index (χ4v) is 1.68. The third-order valence-electron chi connectivity index (χ3n) is 1.31. The van der Waals surface area contributed by atoms with E-state index in [-0.39, 0.29) is 0 Å². The average molecular weight is 139 g/mol. The molecule has 0 aromatic heterocycles. The molecule has 0 amide bonds. The van der Waals surface area contributed by atoms with Gasteiger partial charge in [0.15, 0.2) is 0 Å². The van der Waals surface area contributed by atoms with Gasteiger partial charge in [-0.2, -0.15) is 0 Å². The summed E-state index contributed by atoms with van der Waals surface area (Å²) in [5.74, 6) is 2.25. The summed E-state index contributed by atoms with van der Waals surface area (Å²) in [7, 11) is 0. The van der Waals surface area contributed by atoms with E-state index in [0.29, 0.717) is 0 Å². The molecule has 1 N–H and O–H groups in total. The van der Waals surface area contributed by atoms with Crippen LogP contribution in [0.5, 0.6) is 0 Å². The molecule has 9 heavy (non-hydrogen) atoms. The van der Waals surface area contributed by atoms with Gasteiger partial charge in [-0.1, -0.05) is 11.8 Å². The van der Waals surface area contributed by atoms with Crippen molar-refractivity contribution in [1.82, 2.24) is 5.32 Å². The zero-order valence-corrected chi connectivity index (χ0v) is 5.69. The van der Waals surface area contributed by atoms with Gasteiger partial charge in [-0.05, 0) is 0 Å². The molecule has 2 aliphatic rings. The second kappa shape index (κ2) is 1.92. The maximum Gasteiger partial charge on any atom is 0.286 e. The van der Waals surface area contributed by atoms with Gasteiger partial charge in [0.2, 0.25) is 0 Å². The molecule has 2 heterocycles. The van der Waals surface area contributed by atoms with Crippen molar-refractivity contribution in [2.75, 3.05) is 5.88 Å². The lowest BCUT2D eigenvalue weighted by Gasteiger charge is -2.00. The van der Waals surface area contributed by atoms with Gasteiger partial charge in [0.05, 0.1) is 17.8 Å². The molecule has 0 bridgehead atoms. The van der Waals surface area contributed by atoms with Crippen molar-refractivity contribution in [3.05, 3.63) is 23.5 Å². The molecule has 0 saturated heterocycles. The fourth-order valence-electron chi connectivity index (χ4n) is 0.854. The molecule has 0 unspecified atom stereocenters. The molecule has 0 aliphatic carbocycles. The monoisotopic (exact) mass is 139 g/mol. The Morgan fingerprint density at radius 1 is 1.67 bits per heavy atom. The van der Waals surface area contributed by atoms with Gasteiger partial charge >= 0.3 is 0 Å². The summed E-state index contributed by atoms with van der Waals surface area (Å²) in [6.07, 6.45) is 6.01. The van der Waals surface area contributed by atoms with Gasteiger partial charge in [-0.3, -0.25) is 0 Å². The van der Waals surface area contributed by atoms with E-state index in [1.54, 1.807) is 0 Å². The molecule has 0 aromatic rings. The number of rotatable bonds is 0. The van der Waals surface area contributed by atoms with Crippen LogP contribution in [0.4, 0.5) is 0 Å². The molecule has 2 aliphatic heterocycles. The Kier molecular flexibility index (Phi) is 1.09. The molecule has 46 valence electrons. The van der Waals surface area contributed by atoms with Crippen molar-refractivity contribution in [3.8, 4) is 0 Å². The number of fused-ring (bicyclic) bond motifs is 1. The Hall–Kier alpha value is -0.700. The third-order valence-corrected chi connectivity index (χ3v) is 2.13. The highest BCUT2D eigenvalue weighted by Crippen LogP contribution is 2.16. The summed E-state index contributed by atoms with van der Waals surface area (Å²) in [5, 5.41) is 5.26. The first-order chi connectivity index (χ1) is 4.47.